The maximum absolute atomic E-state index is 12.4. The lowest BCUT2D eigenvalue weighted by Gasteiger charge is -2.39. The number of nitrogens with one attached hydrogen (secondary N) is 1. The average Bonchev–Trinajstić information content (AvgIpc) is 2.99. The van der Waals surface area contributed by atoms with Crippen molar-refractivity contribution in [3.63, 3.8) is 0 Å². The van der Waals surface area contributed by atoms with E-state index in [2.05, 4.69) is 38.7 Å². The molecule has 0 aliphatic carbocycles. The molecule has 0 radical (unpaired) electrons. The maximum Gasteiger partial charge on any atom is 0.480 e. The second kappa shape index (κ2) is 21.2. The topological polar surface area (TPSA) is 121 Å². The molecule has 1 N–H and O–H groups in total. The number of hydrogen-bond acceptors (Lipinski definition) is 6. The number of quaternary nitrogens is 1. The Morgan fingerprint density at radius 2 is 1.22 bits per heavy atom. The van der Waals surface area contributed by atoms with Gasteiger partial charge in [0, 0.05) is 0 Å². The quantitative estimate of drug-likeness (QED) is 0.0756. The number of hydrogen-bond donors (Lipinski definition) is 1. The molecule has 0 fully saturated rings. The Labute approximate surface area is 294 Å². The highest BCUT2D eigenvalue weighted by molar-refractivity contribution is 8.13. The number of amides is 1. The first-order valence-electron chi connectivity index (χ1n) is 16.8. The van der Waals surface area contributed by atoms with Crippen LogP contribution in [0.3, 0.4) is 0 Å². The molecule has 1 rings (SSSR count). The predicted octanol–water partition coefficient (Wildman–Crippen LogP) is 9.52. The molecule has 50 heavy (non-hydrogen) atoms. The van der Waals surface area contributed by atoms with E-state index in [0.29, 0.717) is 6.61 Å². The van der Waals surface area contributed by atoms with Crippen molar-refractivity contribution < 1.29 is 57.2 Å². The summed E-state index contributed by atoms with van der Waals surface area (Å²) in [5.41, 5.74) is -9.75. The van der Waals surface area contributed by atoms with Gasteiger partial charge in [-0.1, -0.05) is 70.4 Å². The summed E-state index contributed by atoms with van der Waals surface area (Å²) in [5, 5.41) is 3.03. The molecular weight excluding hydrogens is 713 g/mol. The molecule has 0 aromatic heterocycles. The summed E-state index contributed by atoms with van der Waals surface area (Å²) < 4.78 is 116. The lowest BCUT2D eigenvalue weighted by Crippen LogP contribution is -2.50. The minimum atomic E-state index is -6.72. The third-order valence-corrected chi connectivity index (χ3v) is 10.7. The predicted molar refractivity (Wildman–Crippen MR) is 185 cm³/mol. The number of nitrogens with zero attached hydrogens (tertiary/aromatic N) is 2. The first-order valence-corrected chi connectivity index (χ1v) is 19.7. The van der Waals surface area contributed by atoms with Crippen LogP contribution in [0.5, 0.6) is 0 Å². The van der Waals surface area contributed by atoms with Gasteiger partial charge in [0.05, 0.1) is 38.3 Å². The zero-order chi connectivity index (χ0) is 38.9. The third kappa shape index (κ3) is 17.2. The van der Waals surface area contributed by atoms with Crippen LogP contribution in [-0.2, 0) is 30.3 Å². The Balaban J connectivity index is 0.00000134. The molecule has 17 heteroatoms. The average molecular weight is 768 g/mol. The zero-order valence-corrected chi connectivity index (χ0v) is 31.7. The van der Waals surface area contributed by atoms with E-state index in [-0.39, 0.29) is 6.09 Å². The number of benzene rings is 1. The van der Waals surface area contributed by atoms with Crippen LogP contribution in [0.2, 0.25) is 0 Å². The number of carbonyl (C=O) groups is 1. The molecule has 0 atom stereocenters. The summed E-state index contributed by atoms with van der Waals surface area (Å²) in [6, 6.07) is 8.17. The number of allylic oxidation sites excluding steroid dienone is 1. The molecule has 1 aromatic rings. The minimum absolute atomic E-state index is 0.342. The van der Waals surface area contributed by atoms with Crippen molar-refractivity contribution in [1.29, 1.82) is 0 Å². The molecule has 0 saturated heterocycles. The van der Waals surface area contributed by atoms with E-state index in [1.165, 1.54) is 82.0 Å². The van der Waals surface area contributed by atoms with Crippen LogP contribution >= 0.6 is 0 Å². The monoisotopic (exact) mass is 767 g/mol. The summed E-state index contributed by atoms with van der Waals surface area (Å²) in [4.78, 5) is 12.4. The first-order chi connectivity index (χ1) is 22.9. The van der Waals surface area contributed by atoms with Gasteiger partial charge in [0.2, 0.25) is 0 Å². The summed E-state index contributed by atoms with van der Waals surface area (Å²) in [6.07, 6.45) is 12.1. The van der Waals surface area contributed by atoms with Crippen molar-refractivity contribution in [2.24, 2.45) is 0 Å². The Hall–Kier alpha value is -2.37. The minimum Gasteiger partial charge on any atom is -0.450 e. The van der Waals surface area contributed by atoms with E-state index >= 15 is 0 Å². The van der Waals surface area contributed by atoms with Gasteiger partial charge in [-0.3, -0.25) is 0 Å². The molecule has 9 nitrogen and oxygen atoms in total. The second-order valence-corrected chi connectivity index (χ2v) is 16.3. The van der Waals surface area contributed by atoms with E-state index in [1.807, 2.05) is 39.0 Å². The lowest BCUT2D eigenvalue weighted by molar-refractivity contribution is -0.929. The zero-order valence-electron chi connectivity index (χ0n) is 30.1. The maximum atomic E-state index is 12.4. The first kappa shape index (κ1) is 47.6. The van der Waals surface area contributed by atoms with Crippen molar-refractivity contribution >= 4 is 31.7 Å². The van der Waals surface area contributed by atoms with Crippen LogP contribution in [0, 0.1) is 0 Å². The molecule has 0 saturated carbocycles. The van der Waals surface area contributed by atoms with Crippen molar-refractivity contribution in [3.8, 4) is 0 Å². The molecule has 0 aliphatic heterocycles. The standard InChI is InChI=1S/C31H54N2O2.C2F6NO4S2/c1-8-11-21-33(22-12-9-2,23-13-10-3)24-16-14-15-17-25-35-30(34)32-31(6,7)29-20-18-19-28(26-29)27(4)5;3-1(4,5)14(10,11)9-15(12,13)2(6,7)8/h18-20,26H,4,8-17,21-25H2,1-3,5-7H3;/q;-1/p+1. The SMILES string of the molecule is C=C(C)c1cccc(C(C)(C)NC(=O)OCCCCCC[N+](CCCC)(CCCC)CCCC)c1.O=S(=O)([N-]S(=O)(=O)C(F)(F)F)C(F)(F)F. The molecule has 0 bridgehead atoms. The van der Waals surface area contributed by atoms with Crippen LogP contribution in [-0.4, -0.2) is 71.2 Å². The summed E-state index contributed by atoms with van der Waals surface area (Å²) in [6.45, 7) is 22.8. The molecule has 292 valence electrons. The smallest absolute Gasteiger partial charge is 0.450 e. The molecule has 1 aromatic carbocycles. The number of unbranched alkanes of at least 4 members (excludes halogenated alkanes) is 6. The Kier molecular flexibility index (Phi) is 20.2. The number of sulfonamides is 2. The van der Waals surface area contributed by atoms with Gasteiger partial charge in [0.15, 0.2) is 20.0 Å². The van der Waals surface area contributed by atoms with Gasteiger partial charge in [0.25, 0.3) is 0 Å². The van der Waals surface area contributed by atoms with Gasteiger partial charge in [-0.2, -0.15) is 26.3 Å². The lowest BCUT2D eigenvalue weighted by atomic mass is 9.92. The number of halogens is 6. The molecule has 0 aliphatic rings. The number of rotatable bonds is 21. The highest BCUT2D eigenvalue weighted by Crippen LogP contribution is 2.36. The summed E-state index contributed by atoms with van der Waals surface area (Å²) in [7, 11) is -13.4. The summed E-state index contributed by atoms with van der Waals surface area (Å²) >= 11 is 0. The van der Waals surface area contributed by atoms with Gasteiger partial charge in [-0.15, -0.1) is 0 Å². The number of ether oxygens (including phenoxy) is 1. The fraction of sp³-hybridized carbons (Fsp3) is 0.727. The largest absolute Gasteiger partial charge is 0.480 e. The van der Waals surface area contributed by atoms with E-state index in [1.54, 1.807) is 0 Å². The highest BCUT2D eigenvalue weighted by Gasteiger charge is 2.47. The normalized spacial score (nSPS) is 13.0. The van der Waals surface area contributed by atoms with Gasteiger partial charge in [0.1, 0.15) is 0 Å². The van der Waals surface area contributed by atoms with Crippen LogP contribution in [0.15, 0.2) is 30.8 Å². The number of alkyl halides is 6. The number of alkyl carbamates (subject to hydrolysis) is 1. The Morgan fingerprint density at radius 3 is 1.64 bits per heavy atom. The van der Waals surface area contributed by atoms with Crippen molar-refractivity contribution in [3.05, 3.63) is 46.1 Å². The highest BCUT2D eigenvalue weighted by atomic mass is 32.3. The summed E-state index contributed by atoms with van der Waals surface area (Å²) in [5.74, 6) is 0. The van der Waals surface area contributed by atoms with Crippen LogP contribution in [0.4, 0.5) is 31.1 Å². The van der Waals surface area contributed by atoms with Gasteiger partial charge >= 0.3 is 17.1 Å². The fourth-order valence-electron chi connectivity index (χ4n) is 4.97. The van der Waals surface area contributed by atoms with E-state index in [9.17, 15) is 48.0 Å². The molecule has 0 spiro atoms. The van der Waals surface area contributed by atoms with Gasteiger partial charge in [-0.05, 0) is 82.9 Å². The molecule has 0 unspecified atom stereocenters. The van der Waals surface area contributed by atoms with Crippen molar-refractivity contribution in [1.82, 2.24) is 5.32 Å². The van der Waals surface area contributed by atoms with Crippen LogP contribution in [0.25, 0.3) is 9.70 Å². The van der Waals surface area contributed by atoms with Crippen molar-refractivity contribution in [2.45, 2.75) is 122 Å². The molecular formula is C33H55F6N3O6S2. The van der Waals surface area contributed by atoms with Crippen LogP contribution < -0.4 is 5.32 Å². The van der Waals surface area contributed by atoms with Gasteiger partial charge < -0.3 is 18.7 Å². The van der Waals surface area contributed by atoms with E-state index < -0.39 is 36.6 Å². The molecule has 0 heterocycles. The Morgan fingerprint density at radius 1 is 0.780 bits per heavy atom. The Bertz CT molecular complexity index is 1340. The van der Waals surface area contributed by atoms with Crippen LogP contribution in [0.1, 0.15) is 117 Å². The van der Waals surface area contributed by atoms with E-state index in [0.717, 1.165) is 33.7 Å². The number of carbonyl (C=O) groups excluding carboxylic acids is 1. The van der Waals surface area contributed by atoms with E-state index in [4.69, 9.17) is 4.74 Å². The third-order valence-electron chi connectivity index (χ3n) is 7.99. The second-order valence-electron chi connectivity index (χ2n) is 12.9. The van der Waals surface area contributed by atoms with Gasteiger partial charge in [-0.25, -0.2) is 21.6 Å². The fourth-order valence-corrected chi connectivity index (χ4v) is 6.68. The molecule has 1 amide bonds. The van der Waals surface area contributed by atoms with Crippen molar-refractivity contribution in [2.75, 3.05) is 32.8 Å².